The van der Waals surface area contributed by atoms with E-state index in [9.17, 15) is 9.59 Å². The first-order valence-electron chi connectivity index (χ1n) is 9.78. The summed E-state index contributed by atoms with van der Waals surface area (Å²) in [5.74, 6) is 0.595. The summed E-state index contributed by atoms with van der Waals surface area (Å²) in [6.07, 6.45) is 4.19. The van der Waals surface area contributed by atoms with Gasteiger partial charge in [-0.15, -0.1) is 0 Å². The molecule has 0 unspecified atom stereocenters. The predicted molar refractivity (Wildman–Crippen MR) is 119 cm³/mol. The smallest absolute Gasteiger partial charge is 0.332 e. The van der Waals surface area contributed by atoms with Gasteiger partial charge in [0, 0.05) is 25.1 Å². The summed E-state index contributed by atoms with van der Waals surface area (Å²) < 4.78 is 5.37. The highest BCUT2D eigenvalue weighted by molar-refractivity contribution is 9.10. The molecule has 0 bridgehead atoms. The average molecular weight is 463 g/mol. The molecular weight excluding hydrogens is 436 g/mol. The van der Waals surface area contributed by atoms with Gasteiger partial charge in [-0.2, -0.15) is 4.98 Å². The van der Waals surface area contributed by atoms with Crippen LogP contribution < -0.4 is 22.3 Å². The Kier molecular flexibility index (Phi) is 6.92. The number of halogens is 1. The maximum absolute atomic E-state index is 12.9. The fourth-order valence-corrected chi connectivity index (χ4v) is 3.82. The zero-order valence-corrected chi connectivity index (χ0v) is 18.4. The molecule has 3 aromatic rings. The van der Waals surface area contributed by atoms with Crippen LogP contribution in [0.4, 0.5) is 5.95 Å². The molecule has 2 aromatic heterocycles. The molecular formula is C20H27BrN6O2. The molecule has 0 fully saturated rings. The van der Waals surface area contributed by atoms with Crippen LogP contribution >= 0.6 is 15.9 Å². The molecule has 156 valence electrons. The molecule has 9 heteroatoms. The molecule has 8 nitrogen and oxygen atoms in total. The van der Waals surface area contributed by atoms with Crippen LogP contribution in [-0.2, 0) is 20.6 Å². The topological polar surface area (TPSA) is 99.9 Å². The number of benzene rings is 1. The molecule has 29 heavy (non-hydrogen) atoms. The Labute approximate surface area is 177 Å². The van der Waals surface area contributed by atoms with E-state index in [2.05, 4.69) is 26.2 Å². The minimum absolute atomic E-state index is 0.346. The fourth-order valence-electron chi connectivity index (χ4n) is 3.38. The van der Waals surface area contributed by atoms with Gasteiger partial charge in [-0.3, -0.25) is 18.5 Å². The van der Waals surface area contributed by atoms with Gasteiger partial charge in [-0.25, -0.2) is 4.79 Å². The number of imidazole rings is 1. The van der Waals surface area contributed by atoms with Gasteiger partial charge in [0.15, 0.2) is 11.2 Å². The third-order valence-electron chi connectivity index (χ3n) is 4.99. The van der Waals surface area contributed by atoms with E-state index in [0.717, 1.165) is 46.8 Å². The Hall–Kier alpha value is -2.39. The quantitative estimate of drug-likeness (QED) is 0.474. The van der Waals surface area contributed by atoms with E-state index in [0.29, 0.717) is 30.2 Å². The van der Waals surface area contributed by atoms with Crippen LogP contribution in [0, 0.1) is 0 Å². The molecule has 0 saturated carbocycles. The summed E-state index contributed by atoms with van der Waals surface area (Å²) in [7, 11) is 3.13. The Morgan fingerprint density at radius 3 is 2.59 bits per heavy atom. The fraction of sp³-hybridized carbons (Fsp3) is 0.450. The van der Waals surface area contributed by atoms with Crippen LogP contribution in [0.3, 0.4) is 0 Å². The second-order valence-electron chi connectivity index (χ2n) is 7.16. The number of anilines is 1. The zero-order valence-electron chi connectivity index (χ0n) is 16.8. The molecule has 0 aliphatic rings. The number of hydrogen-bond acceptors (Lipinski definition) is 5. The first kappa shape index (κ1) is 21.3. The molecule has 0 aliphatic heterocycles. The van der Waals surface area contributed by atoms with E-state index < -0.39 is 0 Å². The summed E-state index contributed by atoms with van der Waals surface area (Å²) in [5.41, 5.74) is 6.64. The number of nitrogens with two attached hydrogens (primary N) is 1. The lowest BCUT2D eigenvalue weighted by atomic mass is 10.2. The van der Waals surface area contributed by atoms with E-state index in [4.69, 9.17) is 5.73 Å². The van der Waals surface area contributed by atoms with Crippen LogP contribution in [-0.4, -0.2) is 31.8 Å². The van der Waals surface area contributed by atoms with Gasteiger partial charge in [-0.05, 0) is 37.1 Å². The van der Waals surface area contributed by atoms with Gasteiger partial charge in [0.25, 0.3) is 5.56 Å². The summed E-state index contributed by atoms with van der Waals surface area (Å²) in [5, 5.41) is 3.35. The SMILES string of the molecule is Cn1c(=O)c2c(nc(NCCCCCCN)n2Cc2cccc(Br)c2)n(C)c1=O. The lowest BCUT2D eigenvalue weighted by molar-refractivity contribution is 0.658. The van der Waals surface area contributed by atoms with Gasteiger partial charge in [0.05, 0.1) is 6.54 Å². The summed E-state index contributed by atoms with van der Waals surface area (Å²) >= 11 is 3.49. The zero-order chi connectivity index (χ0) is 21.0. The van der Waals surface area contributed by atoms with Gasteiger partial charge in [0.1, 0.15) is 0 Å². The number of nitrogens with one attached hydrogen (secondary N) is 1. The van der Waals surface area contributed by atoms with E-state index in [1.807, 2.05) is 28.8 Å². The van der Waals surface area contributed by atoms with Gasteiger partial charge in [0.2, 0.25) is 5.95 Å². The van der Waals surface area contributed by atoms with Crippen molar-refractivity contribution in [2.24, 2.45) is 19.8 Å². The Morgan fingerprint density at radius 2 is 1.86 bits per heavy atom. The van der Waals surface area contributed by atoms with Gasteiger partial charge < -0.3 is 11.1 Å². The monoisotopic (exact) mass is 462 g/mol. The number of aryl methyl sites for hydroxylation is 1. The first-order chi connectivity index (χ1) is 13.9. The number of nitrogens with zero attached hydrogens (tertiary/aromatic N) is 4. The summed E-state index contributed by atoms with van der Waals surface area (Å²) in [6, 6.07) is 7.92. The van der Waals surface area contributed by atoms with Crippen molar-refractivity contribution in [1.29, 1.82) is 0 Å². The van der Waals surface area contributed by atoms with Crippen molar-refractivity contribution in [3.63, 3.8) is 0 Å². The Balaban J connectivity index is 1.99. The maximum Gasteiger partial charge on any atom is 0.332 e. The third-order valence-corrected chi connectivity index (χ3v) is 5.48. The number of fused-ring (bicyclic) bond motifs is 1. The van der Waals surface area contributed by atoms with Crippen LogP contribution in [0.1, 0.15) is 31.2 Å². The molecule has 0 spiro atoms. The van der Waals surface area contributed by atoms with Crippen LogP contribution in [0.25, 0.3) is 11.2 Å². The lowest BCUT2D eigenvalue weighted by Crippen LogP contribution is -2.37. The highest BCUT2D eigenvalue weighted by atomic mass is 79.9. The maximum atomic E-state index is 12.9. The van der Waals surface area contributed by atoms with Crippen molar-refractivity contribution in [3.05, 3.63) is 55.1 Å². The van der Waals surface area contributed by atoms with Gasteiger partial charge >= 0.3 is 5.69 Å². The molecule has 0 aliphatic carbocycles. The summed E-state index contributed by atoms with van der Waals surface area (Å²) in [6.45, 7) is 1.92. The predicted octanol–water partition coefficient (Wildman–Crippen LogP) is 2.18. The standard InChI is InChI=1S/C20H27BrN6O2/c1-25-17-16(18(28)26(2)20(25)29)27(13-14-8-7-9-15(21)12-14)19(24-17)23-11-6-4-3-5-10-22/h7-9,12H,3-6,10-11,13,22H2,1-2H3,(H,23,24). The van der Waals surface area contributed by atoms with Crippen molar-refractivity contribution in [1.82, 2.24) is 18.7 Å². The molecule has 0 atom stereocenters. The van der Waals surface area contributed by atoms with E-state index >= 15 is 0 Å². The molecule has 0 radical (unpaired) electrons. The number of rotatable bonds is 9. The van der Waals surface area contributed by atoms with E-state index in [-0.39, 0.29) is 11.2 Å². The van der Waals surface area contributed by atoms with Crippen LogP contribution in [0.15, 0.2) is 38.3 Å². The second kappa shape index (κ2) is 9.41. The highest BCUT2D eigenvalue weighted by Crippen LogP contribution is 2.20. The first-order valence-corrected chi connectivity index (χ1v) is 10.6. The van der Waals surface area contributed by atoms with Crippen molar-refractivity contribution in [3.8, 4) is 0 Å². The van der Waals surface area contributed by atoms with Crippen LogP contribution in [0.2, 0.25) is 0 Å². The molecule has 0 saturated heterocycles. The highest BCUT2D eigenvalue weighted by Gasteiger charge is 2.19. The minimum Gasteiger partial charge on any atom is -0.356 e. The van der Waals surface area contributed by atoms with E-state index in [1.165, 1.54) is 11.6 Å². The molecule has 3 N–H and O–H groups in total. The Morgan fingerprint density at radius 1 is 1.10 bits per heavy atom. The lowest BCUT2D eigenvalue weighted by Gasteiger charge is -2.11. The number of hydrogen-bond donors (Lipinski definition) is 2. The third kappa shape index (κ3) is 4.62. The number of unbranched alkanes of at least 4 members (excludes halogenated alkanes) is 3. The molecule has 1 aromatic carbocycles. The molecule has 3 rings (SSSR count). The molecule has 2 heterocycles. The van der Waals surface area contributed by atoms with E-state index in [1.54, 1.807) is 7.05 Å². The van der Waals surface area contributed by atoms with Crippen molar-refractivity contribution >= 4 is 33.0 Å². The largest absolute Gasteiger partial charge is 0.356 e. The van der Waals surface area contributed by atoms with Crippen molar-refractivity contribution in [2.45, 2.75) is 32.2 Å². The normalized spacial score (nSPS) is 11.3. The Bertz CT molecular complexity index is 1110. The number of aromatic nitrogens is 4. The second-order valence-corrected chi connectivity index (χ2v) is 8.07. The summed E-state index contributed by atoms with van der Waals surface area (Å²) in [4.78, 5) is 29.8. The minimum atomic E-state index is -0.386. The van der Waals surface area contributed by atoms with Crippen LogP contribution in [0.5, 0.6) is 0 Å². The molecule has 0 amide bonds. The van der Waals surface area contributed by atoms with Crippen molar-refractivity contribution < 1.29 is 0 Å². The van der Waals surface area contributed by atoms with Crippen molar-refractivity contribution in [2.75, 3.05) is 18.4 Å². The average Bonchev–Trinajstić information content (AvgIpc) is 3.06. The van der Waals surface area contributed by atoms with Gasteiger partial charge in [-0.1, -0.05) is 40.9 Å².